The molecule has 3 aromatic heterocycles. The number of H-pyrrole nitrogens is 1. The summed E-state index contributed by atoms with van der Waals surface area (Å²) in [5.41, 5.74) is 3.22. The van der Waals surface area contributed by atoms with Crippen LogP contribution in [0.3, 0.4) is 0 Å². The molecule has 0 spiro atoms. The lowest BCUT2D eigenvalue weighted by molar-refractivity contribution is 0.548. The number of hydrogen-bond acceptors (Lipinski definition) is 7. The van der Waals surface area contributed by atoms with Crippen molar-refractivity contribution in [3.05, 3.63) is 66.8 Å². The maximum absolute atomic E-state index is 14.2. The van der Waals surface area contributed by atoms with E-state index in [1.807, 2.05) is 0 Å². The minimum atomic E-state index is -4.57. The zero-order chi connectivity index (χ0) is 19.7. The van der Waals surface area contributed by atoms with Gasteiger partial charge in [0.2, 0.25) is 0 Å². The smallest absolute Gasteiger partial charge is 0.287 e. The third-order valence-electron chi connectivity index (χ3n) is 3.64. The second-order valence-electron chi connectivity index (χ2n) is 5.48. The highest BCUT2D eigenvalue weighted by Gasteiger charge is 2.31. The van der Waals surface area contributed by atoms with E-state index in [0.29, 0.717) is 16.0 Å². The Morgan fingerprint density at radius 3 is 2.68 bits per heavy atom. The van der Waals surface area contributed by atoms with Crippen LogP contribution in [0.15, 0.2) is 60.0 Å². The Hall–Kier alpha value is -3.67. The van der Waals surface area contributed by atoms with Crippen molar-refractivity contribution in [1.29, 1.82) is 0 Å². The van der Waals surface area contributed by atoms with E-state index >= 15 is 0 Å². The summed E-state index contributed by atoms with van der Waals surface area (Å²) in [6, 6.07) is 6.89. The molecule has 0 unspecified atom stereocenters. The number of hydrazine groups is 1. The van der Waals surface area contributed by atoms with E-state index in [-0.39, 0.29) is 17.4 Å². The molecule has 0 atom stereocenters. The monoisotopic (exact) mass is 403 g/mol. The van der Waals surface area contributed by atoms with Gasteiger partial charge in [0.05, 0.1) is 12.5 Å². The van der Waals surface area contributed by atoms with Gasteiger partial charge in [-0.15, -0.1) is 4.41 Å². The Kier molecular flexibility index (Phi) is 4.31. The number of pyridine rings is 1. The molecule has 0 aliphatic carbocycles. The molecule has 12 heteroatoms. The highest BCUT2D eigenvalue weighted by Crippen LogP contribution is 2.24. The molecule has 0 radical (unpaired) electrons. The molecule has 3 heterocycles. The highest BCUT2D eigenvalue weighted by molar-refractivity contribution is 7.92. The molecule has 142 valence electrons. The third kappa shape index (κ3) is 3.20. The Bertz CT molecular complexity index is 1250. The fourth-order valence-electron chi connectivity index (χ4n) is 2.36. The van der Waals surface area contributed by atoms with E-state index in [1.165, 1.54) is 24.8 Å². The van der Waals surface area contributed by atoms with Gasteiger partial charge < -0.3 is 4.98 Å². The van der Waals surface area contributed by atoms with Crippen LogP contribution < -0.4 is 9.84 Å². The maximum Gasteiger partial charge on any atom is 0.287 e. The molecule has 4 aromatic rings. The van der Waals surface area contributed by atoms with E-state index < -0.39 is 26.6 Å². The van der Waals surface area contributed by atoms with Crippen LogP contribution in [0.2, 0.25) is 0 Å². The fourth-order valence-corrected chi connectivity index (χ4v) is 3.62. The number of imidazole rings is 1. The molecule has 0 bridgehead atoms. The van der Waals surface area contributed by atoms with E-state index in [2.05, 4.69) is 30.3 Å². The number of fused-ring (bicyclic) bond motifs is 1. The van der Waals surface area contributed by atoms with Gasteiger partial charge in [-0.1, -0.05) is 6.07 Å². The maximum atomic E-state index is 14.2. The van der Waals surface area contributed by atoms with Gasteiger partial charge in [-0.3, -0.25) is 5.43 Å². The second kappa shape index (κ2) is 6.81. The molecule has 9 nitrogen and oxygen atoms in total. The zero-order valence-electron chi connectivity index (χ0n) is 13.9. The Balaban J connectivity index is 1.86. The van der Waals surface area contributed by atoms with Crippen molar-refractivity contribution in [2.45, 2.75) is 4.90 Å². The van der Waals surface area contributed by atoms with Gasteiger partial charge in [0.1, 0.15) is 27.9 Å². The summed E-state index contributed by atoms with van der Waals surface area (Å²) in [5.74, 6) is -2.35. The van der Waals surface area contributed by atoms with Crippen LogP contribution in [0.5, 0.6) is 0 Å². The van der Waals surface area contributed by atoms with Gasteiger partial charge in [-0.25, -0.2) is 23.7 Å². The van der Waals surface area contributed by atoms with Crippen molar-refractivity contribution in [3.8, 4) is 0 Å². The lowest BCUT2D eigenvalue weighted by Gasteiger charge is -2.23. The van der Waals surface area contributed by atoms with Crippen LogP contribution in [-0.2, 0) is 10.0 Å². The first-order valence-electron chi connectivity index (χ1n) is 7.79. The Labute approximate surface area is 157 Å². The molecule has 0 saturated heterocycles. The molecule has 28 heavy (non-hydrogen) atoms. The summed E-state index contributed by atoms with van der Waals surface area (Å²) in [4.78, 5) is 18.0. The Morgan fingerprint density at radius 2 is 1.93 bits per heavy atom. The van der Waals surface area contributed by atoms with Crippen molar-refractivity contribution < 1.29 is 17.2 Å². The summed E-state index contributed by atoms with van der Waals surface area (Å²) in [5, 5.41) is 0. The Morgan fingerprint density at radius 1 is 1.07 bits per heavy atom. The largest absolute Gasteiger partial charge is 0.342 e. The van der Waals surface area contributed by atoms with Crippen molar-refractivity contribution in [1.82, 2.24) is 24.9 Å². The van der Waals surface area contributed by atoms with Crippen LogP contribution in [0.1, 0.15) is 0 Å². The van der Waals surface area contributed by atoms with Crippen LogP contribution in [0, 0.1) is 11.6 Å². The molecule has 0 aliphatic heterocycles. The van der Waals surface area contributed by atoms with Crippen molar-refractivity contribution in [3.63, 3.8) is 0 Å². The summed E-state index contributed by atoms with van der Waals surface area (Å²) in [6.07, 6.45) is 4.13. The minimum Gasteiger partial charge on any atom is -0.342 e. The first-order valence-corrected chi connectivity index (χ1v) is 9.23. The van der Waals surface area contributed by atoms with Crippen molar-refractivity contribution in [2.24, 2.45) is 0 Å². The molecular weight excluding hydrogens is 392 g/mol. The number of aromatic nitrogens is 5. The number of aromatic amines is 1. The topological polar surface area (TPSA) is 117 Å². The molecule has 0 fully saturated rings. The van der Waals surface area contributed by atoms with E-state index in [0.717, 1.165) is 12.1 Å². The summed E-state index contributed by atoms with van der Waals surface area (Å²) in [6.45, 7) is 0. The predicted octanol–water partition coefficient (Wildman–Crippen LogP) is 2.25. The summed E-state index contributed by atoms with van der Waals surface area (Å²) < 4.78 is 54.2. The quantitative estimate of drug-likeness (QED) is 0.491. The molecular formula is C16H11F2N7O2S. The van der Waals surface area contributed by atoms with Gasteiger partial charge in [0, 0.05) is 12.3 Å². The summed E-state index contributed by atoms with van der Waals surface area (Å²) in [7, 11) is -4.57. The molecule has 4 rings (SSSR count). The zero-order valence-corrected chi connectivity index (χ0v) is 14.7. The molecule has 0 aliphatic rings. The molecule has 0 amide bonds. The predicted molar refractivity (Wildman–Crippen MR) is 95.6 cm³/mol. The fraction of sp³-hybridized carbons (Fsp3) is 0. The van der Waals surface area contributed by atoms with Crippen LogP contribution in [0.25, 0.3) is 11.2 Å². The third-order valence-corrected chi connectivity index (χ3v) is 5.26. The number of anilines is 2. The molecule has 0 saturated carbocycles. The standard InChI is InChI=1S/C16H11F2N7O2S/c17-10-4-5-13(11(18)7-10)28(26,27)25(24-14-3-1-2-6-19-14)16-20-8-12-15(23-16)22-9-21-12/h1-9H,(H,19,24)(H,20,21,22,23). The first-order chi connectivity index (χ1) is 13.4. The number of nitrogens with zero attached hydrogens (tertiary/aromatic N) is 5. The number of hydrogen-bond donors (Lipinski definition) is 2. The SMILES string of the molecule is O=S(=O)(c1ccc(F)cc1F)N(Nc1ccccn1)c1ncc2[nH]cnc2n1. The summed E-state index contributed by atoms with van der Waals surface area (Å²) >= 11 is 0. The first kappa shape index (κ1) is 17.7. The van der Waals surface area contributed by atoms with Crippen LogP contribution >= 0.6 is 0 Å². The van der Waals surface area contributed by atoms with E-state index in [4.69, 9.17) is 0 Å². The van der Waals surface area contributed by atoms with Gasteiger partial charge in [-0.2, -0.15) is 13.4 Å². The van der Waals surface area contributed by atoms with Gasteiger partial charge in [0.25, 0.3) is 16.0 Å². The second-order valence-corrected chi connectivity index (χ2v) is 7.24. The van der Waals surface area contributed by atoms with Crippen LogP contribution in [-0.4, -0.2) is 33.3 Å². The normalized spacial score (nSPS) is 11.5. The van der Waals surface area contributed by atoms with Crippen LogP contribution in [0.4, 0.5) is 20.5 Å². The number of nitrogens with one attached hydrogen (secondary N) is 2. The average Bonchev–Trinajstić information content (AvgIpc) is 3.14. The van der Waals surface area contributed by atoms with E-state index in [9.17, 15) is 17.2 Å². The highest BCUT2D eigenvalue weighted by atomic mass is 32.2. The van der Waals surface area contributed by atoms with E-state index in [1.54, 1.807) is 12.1 Å². The number of rotatable bonds is 5. The average molecular weight is 403 g/mol. The lowest BCUT2D eigenvalue weighted by atomic mass is 10.3. The van der Waals surface area contributed by atoms with Gasteiger partial charge in [0.15, 0.2) is 5.65 Å². The molecule has 1 aromatic carbocycles. The number of sulfonamides is 1. The van der Waals surface area contributed by atoms with Crippen molar-refractivity contribution in [2.75, 3.05) is 9.84 Å². The van der Waals surface area contributed by atoms with Gasteiger partial charge >= 0.3 is 0 Å². The van der Waals surface area contributed by atoms with Gasteiger partial charge in [-0.05, 0) is 24.3 Å². The molecule has 2 N–H and O–H groups in total. The number of halogens is 2. The lowest BCUT2D eigenvalue weighted by Crippen LogP contribution is -2.38. The number of benzene rings is 1. The minimum absolute atomic E-state index is 0.138. The van der Waals surface area contributed by atoms with Crippen molar-refractivity contribution >= 4 is 33.0 Å².